The topological polar surface area (TPSA) is 59.4 Å². The Morgan fingerprint density at radius 3 is 1.25 bits per heavy atom. The van der Waals surface area contributed by atoms with Crippen LogP contribution in [0.5, 0.6) is 0 Å². The van der Waals surface area contributed by atoms with E-state index in [9.17, 15) is 5.26 Å². The van der Waals surface area contributed by atoms with E-state index in [-0.39, 0.29) is 22.5 Å². The maximum Gasteiger partial charge on any atom is 0.417 e. The molecular weight excluding hydrogens is 917 g/mol. The average Bonchev–Trinajstić information content (AvgIpc) is 3.92. The second kappa shape index (κ2) is 17.0. The molecule has 8 aromatic carbocycles. The molecule has 0 saturated heterocycles. The molecule has 11 heteroatoms. The second-order valence-electron chi connectivity index (χ2n) is 17.5. The number of alkyl halides is 6. The molecule has 4 aromatic heterocycles. The minimum atomic E-state index is -5.21. The van der Waals surface area contributed by atoms with Gasteiger partial charge >= 0.3 is 12.4 Å². The van der Waals surface area contributed by atoms with Gasteiger partial charge in [-0.1, -0.05) is 127 Å². The van der Waals surface area contributed by atoms with Gasteiger partial charge in [0.05, 0.1) is 61.5 Å². The number of rotatable bonds is 7. The highest BCUT2D eigenvalue weighted by molar-refractivity contribution is 6.12. The van der Waals surface area contributed by atoms with E-state index in [0.29, 0.717) is 45.0 Å². The van der Waals surface area contributed by atoms with Crippen LogP contribution in [0.15, 0.2) is 213 Å². The van der Waals surface area contributed by atoms with Crippen molar-refractivity contribution in [2.75, 3.05) is 0 Å². The van der Waals surface area contributed by atoms with Crippen LogP contribution in [0, 0.1) is 11.3 Å². The number of pyridine rings is 2. The number of nitriles is 1. The Morgan fingerprint density at radius 1 is 0.375 bits per heavy atom. The van der Waals surface area contributed by atoms with Gasteiger partial charge in [-0.15, -0.1) is 0 Å². The van der Waals surface area contributed by atoms with Gasteiger partial charge in [0.2, 0.25) is 0 Å². The van der Waals surface area contributed by atoms with Crippen LogP contribution in [0.3, 0.4) is 0 Å². The minimum Gasteiger partial charge on any atom is -0.309 e. The molecule has 12 rings (SSSR count). The molecule has 0 radical (unpaired) electrons. The normalized spacial score (nSPS) is 12.0. The zero-order chi connectivity index (χ0) is 49.3. The van der Waals surface area contributed by atoms with Gasteiger partial charge in [0.1, 0.15) is 6.07 Å². The summed E-state index contributed by atoms with van der Waals surface area (Å²) >= 11 is 0. The Bertz CT molecular complexity index is 4080. The van der Waals surface area contributed by atoms with Crippen molar-refractivity contribution in [2.45, 2.75) is 12.4 Å². The summed E-state index contributed by atoms with van der Waals surface area (Å²) < 4.78 is 95.7. The number of hydrogen-bond donors (Lipinski definition) is 0. The summed E-state index contributed by atoms with van der Waals surface area (Å²) in [6.45, 7) is 0. The Hall–Kier alpha value is -9.27. The van der Waals surface area contributed by atoms with Crippen LogP contribution in [-0.2, 0) is 12.4 Å². The van der Waals surface area contributed by atoms with E-state index < -0.39 is 29.0 Å². The summed E-state index contributed by atoms with van der Waals surface area (Å²) in [4.78, 5) is 9.44. The predicted octanol–water partition coefficient (Wildman–Crippen LogP) is 16.9. The van der Waals surface area contributed by atoms with Gasteiger partial charge < -0.3 is 9.13 Å². The van der Waals surface area contributed by atoms with Crippen LogP contribution < -0.4 is 0 Å². The number of nitrogens with zero attached hydrogens (tertiary/aromatic N) is 5. The number of aromatic nitrogens is 4. The van der Waals surface area contributed by atoms with Crippen molar-refractivity contribution in [1.29, 1.82) is 5.26 Å². The van der Waals surface area contributed by atoms with Crippen molar-refractivity contribution in [2.24, 2.45) is 0 Å². The molecule has 0 aliphatic rings. The third-order valence-electron chi connectivity index (χ3n) is 13.3. The summed E-state index contributed by atoms with van der Waals surface area (Å²) in [6, 6.07) is 60.3. The molecule has 0 amide bonds. The van der Waals surface area contributed by atoms with Gasteiger partial charge in [-0.25, -0.2) is 0 Å². The molecule has 0 fully saturated rings. The minimum absolute atomic E-state index is 0.0198. The Labute approximate surface area is 407 Å². The Morgan fingerprint density at radius 2 is 0.806 bits per heavy atom. The Balaban J connectivity index is 1.10. The first-order valence-corrected chi connectivity index (χ1v) is 22.9. The molecule has 0 aliphatic heterocycles. The van der Waals surface area contributed by atoms with E-state index >= 15 is 26.3 Å². The lowest BCUT2D eigenvalue weighted by Crippen LogP contribution is -2.15. The second-order valence-corrected chi connectivity index (χ2v) is 17.5. The fraction of sp³-hybridized carbons (Fsp3) is 0.0328. The summed E-state index contributed by atoms with van der Waals surface area (Å²) in [5, 5.41) is 14.0. The molecule has 0 aliphatic carbocycles. The summed E-state index contributed by atoms with van der Waals surface area (Å²) in [6.07, 6.45) is -6.87. The highest BCUT2D eigenvalue weighted by Gasteiger charge is 2.42. The van der Waals surface area contributed by atoms with Crippen molar-refractivity contribution < 1.29 is 26.3 Å². The SMILES string of the molecule is N#Cc1cc(-n2c3ccccc3c3cc(-c4ccc(-c5ccccc5)nc4)ccc32)c(-c2c(C(F)(F)F)cccc2C(F)(F)F)cc1-n1c2ccccc2c2cc(-c3ccc(-c4ccccc4)nc3)ccc21. The van der Waals surface area contributed by atoms with Crippen LogP contribution in [-0.4, -0.2) is 19.1 Å². The van der Waals surface area contributed by atoms with Crippen molar-refractivity contribution in [3.8, 4) is 73.3 Å². The van der Waals surface area contributed by atoms with E-state index in [0.717, 1.165) is 61.6 Å². The highest BCUT2D eigenvalue weighted by atomic mass is 19.4. The third-order valence-corrected chi connectivity index (χ3v) is 13.3. The van der Waals surface area contributed by atoms with Gasteiger partial charge in [0.15, 0.2) is 0 Å². The zero-order valence-electron chi connectivity index (χ0n) is 37.7. The van der Waals surface area contributed by atoms with Crippen LogP contribution in [0.2, 0.25) is 0 Å². The van der Waals surface area contributed by atoms with E-state index in [1.807, 2.05) is 146 Å². The van der Waals surface area contributed by atoms with E-state index in [4.69, 9.17) is 9.97 Å². The fourth-order valence-electron chi connectivity index (χ4n) is 10.1. The lowest BCUT2D eigenvalue weighted by atomic mass is 9.90. The number of hydrogen-bond acceptors (Lipinski definition) is 3. The maximum absolute atomic E-state index is 15.4. The Kier molecular flexibility index (Phi) is 10.4. The predicted molar refractivity (Wildman–Crippen MR) is 273 cm³/mol. The molecule has 72 heavy (non-hydrogen) atoms. The molecule has 12 aromatic rings. The summed E-state index contributed by atoms with van der Waals surface area (Å²) in [7, 11) is 0. The average molecular weight is 952 g/mol. The third kappa shape index (κ3) is 7.43. The van der Waals surface area contributed by atoms with Crippen LogP contribution in [0.1, 0.15) is 16.7 Å². The van der Waals surface area contributed by atoms with E-state index in [2.05, 4.69) is 6.07 Å². The number of halogens is 6. The first-order valence-electron chi connectivity index (χ1n) is 22.9. The quantitative estimate of drug-likeness (QED) is 0.150. The van der Waals surface area contributed by atoms with Crippen LogP contribution in [0.25, 0.3) is 111 Å². The van der Waals surface area contributed by atoms with E-state index in [1.54, 1.807) is 45.8 Å². The molecule has 0 atom stereocenters. The summed E-state index contributed by atoms with van der Waals surface area (Å²) in [5.41, 5.74) is 4.65. The van der Waals surface area contributed by atoms with Crippen molar-refractivity contribution in [1.82, 2.24) is 19.1 Å². The van der Waals surface area contributed by atoms with Crippen molar-refractivity contribution >= 4 is 43.6 Å². The molecule has 0 saturated carbocycles. The molecule has 346 valence electrons. The van der Waals surface area contributed by atoms with Crippen LogP contribution >= 0.6 is 0 Å². The first kappa shape index (κ1) is 44.0. The molecule has 0 unspecified atom stereocenters. The molecule has 4 heterocycles. The monoisotopic (exact) mass is 951 g/mol. The maximum atomic E-state index is 15.4. The molecule has 0 bridgehead atoms. The molecule has 0 N–H and O–H groups in total. The van der Waals surface area contributed by atoms with Gasteiger partial charge in [0.25, 0.3) is 0 Å². The molecule has 5 nitrogen and oxygen atoms in total. The van der Waals surface area contributed by atoms with E-state index in [1.165, 1.54) is 12.1 Å². The standard InChI is InChI=1S/C61H35F6N5/c62-60(63,64)49-18-11-19-50(61(65,66)67)59(49)48-33-57(71-53-20-9-7-16-44(53)46-30-39(24-28-55(46)71)41-22-26-51(69-35-41)37-12-3-1-4-13-37)43(34-68)32-58(48)72-54-21-10-8-17-45(54)47-31-40(25-29-56(47)72)42-23-27-52(70-36-42)38-14-5-2-6-15-38/h1-33,35-36H. The largest absolute Gasteiger partial charge is 0.417 e. The van der Waals surface area contributed by atoms with Gasteiger partial charge in [-0.2, -0.15) is 31.6 Å². The lowest BCUT2D eigenvalue weighted by Gasteiger charge is -2.24. The van der Waals surface area contributed by atoms with Crippen LogP contribution in [0.4, 0.5) is 26.3 Å². The molecule has 0 spiro atoms. The number of para-hydroxylation sites is 2. The van der Waals surface area contributed by atoms with Crippen molar-refractivity contribution in [3.05, 3.63) is 229 Å². The zero-order valence-corrected chi connectivity index (χ0v) is 37.7. The molecular formula is C61H35F6N5. The van der Waals surface area contributed by atoms with Gasteiger partial charge in [-0.05, 0) is 83.9 Å². The number of fused-ring (bicyclic) bond motifs is 6. The fourth-order valence-corrected chi connectivity index (χ4v) is 10.1. The highest BCUT2D eigenvalue weighted by Crippen LogP contribution is 2.49. The summed E-state index contributed by atoms with van der Waals surface area (Å²) in [5.74, 6) is 0. The van der Waals surface area contributed by atoms with Gasteiger partial charge in [0, 0.05) is 67.3 Å². The smallest absolute Gasteiger partial charge is 0.309 e. The first-order chi connectivity index (χ1) is 34.9. The van der Waals surface area contributed by atoms with Gasteiger partial charge in [-0.3, -0.25) is 9.97 Å². The van der Waals surface area contributed by atoms with Crippen molar-refractivity contribution in [3.63, 3.8) is 0 Å². The number of benzene rings is 8. The lowest BCUT2D eigenvalue weighted by molar-refractivity contribution is -0.142.